The molecular weight excluding hydrogens is 140 g/mol. The number of hydrogen-bond acceptors (Lipinski definition) is 1. The molecule has 62 valence electrons. The molecule has 0 saturated heterocycles. The average molecular weight is 154 g/mol. The largest absolute Gasteiger partial charge is 0.481 e. The van der Waals surface area contributed by atoms with Crippen LogP contribution in [0.25, 0.3) is 0 Å². The molecule has 2 nitrogen and oxygen atoms in total. The van der Waals surface area contributed by atoms with Crippen molar-refractivity contribution in [2.75, 3.05) is 0 Å². The molecule has 1 N–H and O–H groups in total. The Hall–Kier alpha value is -0.790. The highest BCUT2D eigenvalue weighted by molar-refractivity contribution is 5.82. The summed E-state index contributed by atoms with van der Waals surface area (Å²) in [5.41, 5.74) is 2.16. The maximum atomic E-state index is 10.7. The topological polar surface area (TPSA) is 37.3 Å². The Morgan fingerprint density at radius 3 is 2.00 bits per heavy atom. The fraction of sp³-hybridized carbons (Fsp3) is 0.667. The Kier molecular flexibility index (Phi) is 1.58. The van der Waals surface area contributed by atoms with Gasteiger partial charge in [-0.2, -0.15) is 0 Å². The zero-order chi connectivity index (χ0) is 8.81. The minimum absolute atomic E-state index is 0.0926. The molecule has 1 saturated carbocycles. The minimum Gasteiger partial charge on any atom is -0.481 e. The van der Waals surface area contributed by atoms with Gasteiger partial charge in [0.25, 0.3) is 0 Å². The number of allylic oxidation sites excluding steroid dienone is 1. The van der Waals surface area contributed by atoms with Crippen LogP contribution < -0.4 is 0 Å². The first-order valence-electron chi connectivity index (χ1n) is 3.79. The Balaban J connectivity index is 2.94. The van der Waals surface area contributed by atoms with Gasteiger partial charge in [0.15, 0.2) is 0 Å². The van der Waals surface area contributed by atoms with Crippen molar-refractivity contribution in [3.05, 3.63) is 11.1 Å². The third-order valence-electron chi connectivity index (χ3n) is 2.41. The lowest BCUT2D eigenvalue weighted by Crippen LogP contribution is -2.02. The number of carboxylic acid groups (broad SMARTS) is 1. The SMILES string of the molecule is CC(C)=C1C(C(=O)O)C1(C)C. The van der Waals surface area contributed by atoms with Crippen molar-refractivity contribution in [2.45, 2.75) is 27.7 Å². The summed E-state index contributed by atoms with van der Waals surface area (Å²) in [5.74, 6) is -0.918. The first-order chi connectivity index (χ1) is 4.89. The summed E-state index contributed by atoms with van der Waals surface area (Å²) in [5, 5.41) is 8.77. The molecule has 1 fully saturated rings. The zero-order valence-electron chi connectivity index (χ0n) is 7.43. The molecule has 1 rings (SSSR count). The molecule has 0 aromatic rings. The van der Waals surface area contributed by atoms with E-state index in [0.717, 1.165) is 11.1 Å². The summed E-state index contributed by atoms with van der Waals surface area (Å²) < 4.78 is 0. The minimum atomic E-state index is -0.689. The number of rotatable bonds is 1. The van der Waals surface area contributed by atoms with Crippen LogP contribution in [0.1, 0.15) is 27.7 Å². The molecule has 0 aliphatic heterocycles. The summed E-state index contributed by atoms with van der Waals surface area (Å²) in [6.45, 7) is 7.91. The van der Waals surface area contributed by atoms with Crippen molar-refractivity contribution in [1.29, 1.82) is 0 Å². The van der Waals surface area contributed by atoms with Crippen molar-refractivity contribution in [1.82, 2.24) is 0 Å². The van der Waals surface area contributed by atoms with Crippen molar-refractivity contribution in [2.24, 2.45) is 11.3 Å². The van der Waals surface area contributed by atoms with Gasteiger partial charge >= 0.3 is 5.97 Å². The van der Waals surface area contributed by atoms with Gasteiger partial charge in [-0.25, -0.2) is 0 Å². The second-order valence-electron chi connectivity index (χ2n) is 3.91. The predicted molar refractivity (Wildman–Crippen MR) is 43.3 cm³/mol. The highest BCUT2D eigenvalue weighted by Crippen LogP contribution is 2.59. The van der Waals surface area contributed by atoms with Crippen LogP contribution in [0.4, 0.5) is 0 Å². The van der Waals surface area contributed by atoms with Crippen LogP contribution in [-0.2, 0) is 4.79 Å². The predicted octanol–water partition coefficient (Wildman–Crippen LogP) is 2.06. The first kappa shape index (κ1) is 8.31. The zero-order valence-corrected chi connectivity index (χ0v) is 7.43. The lowest BCUT2D eigenvalue weighted by Gasteiger charge is -1.94. The molecule has 0 amide bonds. The molecule has 1 atom stereocenters. The normalized spacial score (nSPS) is 26.5. The van der Waals surface area contributed by atoms with Crippen LogP contribution in [0.15, 0.2) is 11.1 Å². The van der Waals surface area contributed by atoms with E-state index in [2.05, 4.69) is 0 Å². The van der Waals surface area contributed by atoms with E-state index >= 15 is 0 Å². The molecule has 0 bridgehead atoms. The Morgan fingerprint density at radius 2 is 1.91 bits per heavy atom. The molecule has 2 heteroatoms. The van der Waals surface area contributed by atoms with E-state index in [1.807, 2.05) is 27.7 Å². The summed E-state index contributed by atoms with van der Waals surface area (Å²) in [6.07, 6.45) is 0. The highest BCUT2D eigenvalue weighted by atomic mass is 16.4. The Bertz CT molecular complexity index is 232. The molecule has 1 unspecified atom stereocenters. The number of carbonyl (C=O) groups is 1. The number of aliphatic carboxylic acids is 1. The van der Waals surface area contributed by atoms with E-state index in [-0.39, 0.29) is 11.3 Å². The molecular formula is C9H14O2. The van der Waals surface area contributed by atoms with E-state index < -0.39 is 5.97 Å². The van der Waals surface area contributed by atoms with Gasteiger partial charge in [0.2, 0.25) is 0 Å². The van der Waals surface area contributed by atoms with Crippen LogP contribution in [0.2, 0.25) is 0 Å². The average Bonchev–Trinajstić information content (AvgIpc) is 2.33. The molecule has 0 radical (unpaired) electrons. The molecule has 1 aliphatic carbocycles. The lowest BCUT2D eigenvalue weighted by molar-refractivity contribution is -0.139. The maximum Gasteiger partial charge on any atom is 0.311 e. The number of hydrogen-bond donors (Lipinski definition) is 1. The van der Waals surface area contributed by atoms with E-state index in [1.165, 1.54) is 0 Å². The van der Waals surface area contributed by atoms with Crippen LogP contribution in [0.5, 0.6) is 0 Å². The third kappa shape index (κ3) is 1.06. The molecule has 0 spiro atoms. The third-order valence-corrected chi connectivity index (χ3v) is 2.41. The van der Waals surface area contributed by atoms with Crippen LogP contribution in [-0.4, -0.2) is 11.1 Å². The summed E-state index contributed by atoms with van der Waals surface area (Å²) in [6, 6.07) is 0. The standard InChI is InChI=1S/C9H14O2/c1-5(2)6-7(8(10)11)9(6,3)4/h7H,1-4H3,(H,10,11). The monoisotopic (exact) mass is 154 g/mol. The fourth-order valence-electron chi connectivity index (χ4n) is 1.91. The van der Waals surface area contributed by atoms with Gasteiger partial charge in [-0.3, -0.25) is 4.79 Å². The maximum absolute atomic E-state index is 10.7. The van der Waals surface area contributed by atoms with Gasteiger partial charge in [0, 0.05) is 5.41 Å². The van der Waals surface area contributed by atoms with Crippen LogP contribution in [0, 0.1) is 11.3 Å². The van der Waals surface area contributed by atoms with E-state index in [0.29, 0.717) is 0 Å². The van der Waals surface area contributed by atoms with E-state index in [1.54, 1.807) is 0 Å². The summed E-state index contributed by atoms with van der Waals surface area (Å²) in [4.78, 5) is 10.7. The van der Waals surface area contributed by atoms with E-state index in [9.17, 15) is 4.79 Å². The van der Waals surface area contributed by atoms with Crippen molar-refractivity contribution < 1.29 is 9.90 Å². The second-order valence-corrected chi connectivity index (χ2v) is 3.91. The van der Waals surface area contributed by atoms with Crippen molar-refractivity contribution in [3.8, 4) is 0 Å². The Labute approximate surface area is 66.9 Å². The van der Waals surface area contributed by atoms with Crippen molar-refractivity contribution >= 4 is 5.97 Å². The first-order valence-corrected chi connectivity index (χ1v) is 3.79. The molecule has 11 heavy (non-hydrogen) atoms. The van der Waals surface area contributed by atoms with Crippen LogP contribution in [0.3, 0.4) is 0 Å². The van der Waals surface area contributed by atoms with Gasteiger partial charge in [-0.1, -0.05) is 19.4 Å². The highest BCUT2D eigenvalue weighted by Gasteiger charge is 2.57. The van der Waals surface area contributed by atoms with Gasteiger partial charge in [-0.05, 0) is 19.4 Å². The molecule has 1 aliphatic rings. The van der Waals surface area contributed by atoms with E-state index in [4.69, 9.17) is 5.11 Å². The van der Waals surface area contributed by atoms with Gasteiger partial charge < -0.3 is 5.11 Å². The van der Waals surface area contributed by atoms with Crippen LogP contribution >= 0.6 is 0 Å². The summed E-state index contributed by atoms with van der Waals surface area (Å²) in [7, 11) is 0. The quantitative estimate of drug-likeness (QED) is 0.587. The Morgan fingerprint density at radius 1 is 1.45 bits per heavy atom. The second kappa shape index (κ2) is 2.10. The molecule has 0 aromatic heterocycles. The lowest BCUT2D eigenvalue weighted by atomic mass is 10.1. The number of carboxylic acids is 1. The molecule has 0 heterocycles. The molecule has 0 aromatic carbocycles. The van der Waals surface area contributed by atoms with Gasteiger partial charge in [-0.15, -0.1) is 0 Å². The fourth-order valence-corrected chi connectivity index (χ4v) is 1.91. The summed E-state index contributed by atoms with van der Waals surface area (Å²) >= 11 is 0. The van der Waals surface area contributed by atoms with Gasteiger partial charge in [0.1, 0.15) is 0 Å². The van der Waals surface area contributed by atoms with Gasteiger partial charge in [0.05, 0.1) is 5.92 Å². The smallest absolute Gasteiger partial charge is 0.311 e. The van der Waals surface area contributed by atoms with Crippen molar-refractivity contribution in [3.63, 3.8) is 0 Å².